The van der Waals surface area contributed by atoms with Crippen molar-refractivity contribution >= 4 is 0 Å². The number of hydrogen-bond donors (Lipinski definition) is 2. The molecule has 1 aliphatic heterocycles. The second-order valence-electron chi connectivity index (χ2n) is 4.48. The fourth-order valence-corrected chi connectivity index (χ4v) is 1.63. The summed E-state index contributed by atoms with van der Waals surface area (Å²) in [6.45, 7) is 7.55. The molecule has 0 amide bonds. The summed E-state index contributed by atoms with van der Waals surface area (Å²) in [4.78, 5) is 11.8. The number of hydrogen-bond acceptors (Lipinski definition) is 2. The van der Waals surface area contributed by atoms with Crippen molar-refractivity contribution in [1.29, 1.82) is 0 Å². The summed E-state index contributed by atoms with van der Waals surface area (Å²) in [5, 5.41) is 6.29. The van der Waals surface area contributed by atoms with Crippen LogP contribution < -0.4 is 10.9 Å². The van der Waals surface area contributed by atoms with E-state index in [1.165, 1.54) is 0 Å². The maximum Gasteiger partial charge on any atom is 0.271 e. The van der Waals surface area contributed by atoms with E-state index >= 15 is 0 Å². The van der Waals surface area contributed by atoms with E-state index in [0.29, 0.717) is 6.54 Å². The summed E-state index contributed by atoms with van der Waals surface area (Å²) in [6, 6.07) is 0. The minimum Gasteiger partial charge on any atom is -0.307 e. The molecule has 0 atom stereocenters. The van der Waals surface area contributed by atoms with Crippen LogP contribution in [0.4, 0.5) is 0 Å². The highest BCUT2D eigenvalue weighted by Crippen LogP contribution is 2.14. The third kappa shape index (κ3) is 1.21. The van der Waals surface area contributed by atoms with Gasteiger partial charge in [0.25, 0.3) is 5.56 Å². The lowest BCUT2D eigenvalue weighted by Crippen LogP contribution is -2.34. The molecule has 0 saturated carbocycles. The van der Waals surface area contributed by atoms with Crippen molar-refractivity contribution in [3.8, 4) is 0 Å². The van der Waals surface area contributed by atoms with Crippen molar-refractivity contribution < 1.29 is 0 Å². The summed E-state index contributed by atoms with van der Waals surface area (Å²) in [5.74, 6) is 0. The number of nitrogens with one attached hydrogen (secondary N) is 2. The Morgan fingerprint density at radius 2 is 2.00 bits per heavy atom. The molecule has 0 aromatic carbocycles. The Hall–Kier alpha value is -1.03. The van der Waals surface area contributed by atoms with Gasteiger partial charge in [-0.25, -0.2) is 4.68 Å². The monoisotopic (exact) mass is 181 g/mol. The lowest BCUT2D eigenvalue weighted by Gasteiger charge is -2.19. The van der Waals surface area contributed by atoms with Gasteiger partial charge in [0.15, 0.2) is 0 Å². The number of nitrogens with zero attached hydrogens (tertiary/aromatic N) is 1. The van der Waals surface area contributed by atoms with Gasteiger partial charge < -0.3 is 5.32 Å². The van der Waals surface area contributed by atoms with Crippen molar-refractivity contribution in [2.75, 3.05) is 0 Å². The zero-order valence-corrected chi connectivity index (χ0v) is 8.27. The molecule has 2 heterocycles. The number of aromatic amines is 1. The third-order valence-electron chi connectivity index (χ3n) is 2.35. The van der Waals surface area contributed by atoms with Gasteiger partial charge in [0.05, 0.1) is 16.8 Å². The van der Waals surface area contributed by atoms with Gasteiger partial charge in [-0.15, -0.1) is 0 Å². The molecule has 2 N–H and O–H groups in total. The first-order chi connectivity index (χ1) is 6.00. The minimum absolute atomic E-state index is 0.118. The first kappa shape index (κ1) is 8.56. The van der Waals surface area contributed by atoms with Crippen LogP contribution in [0.1, 0.15) is 32.0 Å². The van der Waals surface area contributed by atoms with Gasteiger partial charge in [0.2, 0.25) is 0 Å². The van der Waals surface area contributed by atoms with Crippen LogP contribution in [0.3, 0.4) is 0 Å². The SMILES string of the molecule is CC(C)(C)n1[nH]c2c(c1=O)CNC2. The summed E-state index contributed by atoms with van der Waals surface area (Å²) >= 11 is 0. The van der Waals surface area contributed by atoms with Crippen LogP contribution in [0.25, 0.3) is 0 Å². The van der Waals surface area contributed by atoms with Crippen molar-refractivity contribution in [2.45, 2.75) is 39.4 Å². The number of rotatable bonds is 0. The van der Waals surface area contributed by atoms with Crippen LogP contribution in [-0.4, -0.2) is 9.78 Å². The molecule has 0 spiro atoms. The van der Waals surface area contributed by atoms with Crippen LogP contribution in [0, 0.1) is 0 Å². The summed E-state index contributed by atoms with van der Waals surface area (Å²) in [7, 11) is 0. The second kappa shape index (κ2) is 2.48. The zero-order chi connectivity index (χ0) is 9.64. The Kier molecular flexibility index (Phi) is 1.63. The molecule has 0 fully saturated rings. The van der Waals surface area contributed by atoms with Gasteiger partial charge in [0, 0.05) is 13.1 Å². The smallest absolute Gasteiger partial charge is 0.271 e. The normalized spacial score (nSPS) is 16.2. The highest BCUT2D eigenvalue weighted by Gasteiger charge is 2.24. The molecule has 0 aliphatic carbocycles. The van der Waals surface area contributed by atoms with E-state index in [-0.39, 0.29) is 11.1 Å². The van der Waals surface area contributed by atoms with Crippen LogP contribution in [0.5, 0.6) is 0 Å². The fraction of sp³-hybridized carbons (Fsp3) is 0.667. The molecule has 13 heavy (non-hydrogen) atoms. The molecule has 0 radical (unpaired) electrons. The van der Waals surface area contributed by atoms with E-state index in [4.69, 9.17) is 0 Å². The Labute approximate surface area is 76.9 Å². The van der Waals surface area contributed by atoms with Crippen LogP contribution in [-0.2, 0) is 18.6 Å². The summed E-state index contributed by atoms with van der Waals surface area (Å²) in [6.07, 6.45) is 0. The van der Waals surface area contributed by atoms with E-state index < -0.39 is 0 Å². The van der Waals surface area contributed by atoms with E-state index in [2.05, 4.69) is 10.4 Å². The van der Waals surface area contributed by atoms with Gasteiger partial charge in [-0.1, -0.05) is 0 Å². The second-order valence-corrected chi connectivity index (χ2v) is 4.48. The van der Waals surface area contributed by atoms with E-state index in [9.17, 15) is 4.79 Å². The molecule has 72 valence electrons. The first-order valence-corrected chi connectivity index (χ1v) is 4.54. The maximum atomic E-state index is 11.8. The van der Waals surface area contributed by atoms with Crippen molar-refractivity contribution in [3.63, 3.8) is 0 Å². The zero-order valence-electron chi connectivity index (χ0n) is 8.27. The fourth-order valence-electron chi connectivity index (χ4n) is 1.63. The number of fused-ring (bicyclic) bond motifs is 1. The Balaban J connectivity index is 2.58. The molecule has 1 aliphatic rings. The largest absolute Gasteiger partial charge is 0.307 e. The average molecular weight is 181 g/mol. The van der Waals surface area contributed by atoms with E-state index in [1.807, 2.05) is 20.8 Å². The highest BCUT2D eigenvalue weighted by molar-refractivity contribution is 5.21. The maximum absolute atomic E-state index is 11.8. The van der Waals surface area contributed by atoms with E-state index in [1.54, 1.807) is 4.68 Å². The minimum atomic E-state index is -0.151. The Morgan fingerprint density at radius 1 is 1.31 bits per heavy atom. The molecule has 4 heteroatoms. The molecular formula is C9H15N3O. The summed E-state index contributed by atoms with van der Waals surface area (Å²) < 4.78 is 1.71. The molecular weight excluding hydrogens is 166 g/mol. The topological polar surface area (TPSA) is 49.8 Å². The van der Waals surface area contributed by atoms with Gasteiger partial charge in [-0.05, 0) is 20.8 Å². The third-order valence-corrected chi connectivity index (χ3v) is 2.35. The predicted octanol–water partition coefficient (Wildman–Crippen LogP) is 0.535. The molecule has 1 aromatic rings. The average Bonchev–Trinajstić information content (AvgIpc) is 2.51. The lowest BCUT2D eigenvalue weighted by atomic mass is 10.1. The molecule has 2 rings (SSSR count). The van der Waals surface area contributed by atoms with Crippen molar-refractivity contribution in [3.05, 3.63) is 21.6 Å². The molecule has 0 saturated heterocycles. The van der Waals surface area contributed by atoms with Gasteiger partial charge in [-0.3, -0.25) is 9.89 Å². The molecule has 1 aromatic heterocycles. The first-order valence-electron chi connectivity index (χ1n) is 4.54. The Bertz CT molecular complexity index is 381. The van der Waals surface area contributed by atoms with Crippen LogP contribution in [0.2, 0.25) is 0 Å². The van der Waals surface area contributed by atoms with Gasteiger partial charge >= 0.3 is 0 Å². The number of aromatic nitrogens is 2. The predicted molar refractivity (Wildman–Crippen MR) is 50.6 cm³/mol. The Morgan fingerprint density at radius 3 is 2.54 bits per heavy atom. The lowest BCUT2D eigenvalue weighted by molar-refractivity contribution is 0.341. The number of H-pyrrole nitrogens is 1. The summed E-state index contributed by atoms with van der Waals surface area (Å²) in [5.41, 5.74) is 1.91. The quantitative estimate of drug-likeness (QED) is 0.613. The standard InChI is InChI=1S/C9H15N3O/c1-9(2,3)12-8(13)6-4-10-5-7(6)11-12/h10-11H,4-5H2,1-3H3. The van der Waals surface area contributed by atoms with E-state index in [0.717, 1.165) is 17.8 Å². The molecule has 4 nitrogen and oxygen atoms in total. The van der Waals surface area contributed by atoms with Crippen LogP contribution >= 0.6 is 0 Å². The highest BCUT2D eigenvalue weighted by atomic mass is 16.1. The van der Waals surface area contributed by atoms with Gasteiger partial charge in [-0.2, -0.15) is 0 Å². The molecule has 0 bridgehead atoms. The van der Waals surface area contributed by atoms with Crippen molar-refractivity contribution in [2.24, 2.45) is 0 Å². The van der Waals surface area contributed by atoms with Crippen LogP contribution in [0.15, 0.2) is 4.79 Å². The van der Waals surface area contributed by atoms with Crippen molar-refractivity contribution in [1.82, 2.24) is 15.1 Å². The molecule has 0 unspecified atom stereocenters. The van der Waals surface area contributed by atoms with Gasteiger partial charge in [0.1, 0.15) is 0 Å².